The lowest BCUT2D eigenvalue weighted by atomic mass is 9.50. The number of nitrogens with one attached hydrogen (secondary N) is 1. The van der Waals surface area contributed by atoms with Crippen molar-refractivity contribution in [2.24, 2.45) is 5.92 Å². The molecular weight excluding hydrogens is 553 g/mol. The van der Waals surface area contributed by atoms with Gasteiger partial charge in [0, 0.05) is 30.3 Å². The number of benzene rings is 2. The Morgan fingerprint density at radius 1 is 1.05 bits per heavy atom. The zero-order valence-electron chi connectivity index (χ0n) is 22.1. The minimum absolute atomic E-state index is 0.0115. The number of hydrogen-bond donors (Lipinski definition) is 1. The summed E-state index contributed by atoms with van der Waals surface area (Å²) in [6.45, 7) is 5.86. The maximum atomic E-state index is 13.8. The summed E-state index contributed by atoms with van der Waals surface area (Å²) in [5.41, 5.74) is -0.996. The average molecular weight is 585 g/mol. The summed E-state index contributed by atoms with van der Waals surface area (Å²) in [4.78, 5) is 27.3. The predicted octanol–water partition coefficient (Wildman–Crippen LogP) is 5.41. The van der Waals surface area contributed by atoms with Crippen molar-refractivity contribution in [2.45, 2.75) is 57.2 Å². The molecule has 0 aromatic heterocycles. The van der Waals surface area contributed by atoms with Crippen molar-refractivity contribution in [3.63, 3.8) is 0 Å². The van der Waals surface area contributed by atoms with Crippen molar-refractivity contribution in [2.75, 3.05) is 26.3 Å². The Labute approximate surface area is 236 Å². The number of nitrogens with zero attached hydrogens (tertiary/aromatic N) is 1. The molecule has 2 aliphatic rings. The Balaban J connectivity index is 1.34. The Hall–Kier alpha value is -2.62. The van der Waals surface area contributed by atoms with Gasteiger partial charge in [-0.1, -0.05) is 23.2 Å². The van der Waals surface area contributed by atoms with Gasteiger partial charge in [-0.05, 0) is 70.2 Å². The van der Waals surface area contributed by atoms with Crippen LogP contribution in [0.3, 0.4) is 0 Å². The van der Waals surface area contributed by atoms with E-state index in [1.54, 1.807) is 6.07 Å². The normalized spacial score (nSPS) is 21.8. The molecule has 0 radical (unpaired) electrons. The van der Waals surface area contributed by atoms with Crippen LogP contribution in [0, 0.1) is 17.6 Å². The first-order chi connectivity index (χ1) is 18.3. The van der Waals surface area contributed by atoms with Crippen molar-refractivity contribution in [1.82, 2.24) is 10.2 Å². The summed E-state index contributed by atoms with van der Waals surface area (Å²) in [7, 11) is 0. The SMILES string of the molecule is CC(C)(C)OC(=O)CN(CCOc1ccc(Cl)c(F)c1)C1CC2(NC(=O)COc3ccc(Cl)c(F)c3)CCC12. The molecule has 11 heteroatoms. The molecule has 3 atom stereocenters. The van der Waals surface area contributed by atoms with E-state index >= 15 is 0 Å². The molecule has 1 amide bonds. The fourth-order valence-corrected chi connectivity index (χ4v) is 5.43. The van der Waals surface area contributed by atoms with Gasteiger partial charge in [0.05, 0.1) is 16.6 Å². The lowest BCUT2D eigenvalue weighted by Gasteiger charge is -2.65. The third-order valence-corrected chi connectivity index (χ3v) is 7.67. The first-order valence-corrected chi connectivity index (χ1v) is 13.5. The lowest BCUT2D eigenvalue weighted by Crippen LogP contribution is -2.76. The average Bonchev–Trinajstić information content (AvgIpc) is 2.83. The topological polar surface area (TPSA) is 77.1 Å². The van der Waals surface area contributed by atoms with Crippen LogP contribution >= 0.6 is 23.2 Å². The highest BCUT2D eigenvalue weighted by molar-refractivity contribution is 6.31. The molecule has 7 nitrogen and oxygen atoms in total. The number of rotatable bonds is 11. The highest BCUT2D eigenvalue weighted by Crippen LogP contribution is 2.55. The summed E-state index contributed by atoms with van der Waals surface area (Å²) in [6, 6.07) is 8.26. The molecule has 1 N–H and O–H groups in total. The van der Waals surface area contributed by atoms with Crippen LogP contribution in [0.25, 0.3) is 0 Å². The molecule has 0 aliphatic heterocycles. The molecule has 2 aromatic carbocycles. The Kier molecular flexibility index (Phi) is 8.93. The van der Waals surface area contributed by atoms with Gasteiger partial charge in [-0.15, -0.1) is 0 Å². The maximum absolute atomic E-state index is 13.8. The van der Waals surface area contributed by atoms with E-state index < -0.39 is 17.2 Å². The van der Waals surface area contributed by atoms with Crippen LogP contribution in [0.2, 0.25) is 10.0 Å². The number of ether oxygens (including phenoxy) is 3. The van der Waals surface area contributed by atoms with E-state index in [2.05, 4.69) is 5.32 Å². The minimum atomic E-state index is -0.624. The molecule has 0 spiro atoms. The van der Waals surface area contributed by atoms with Gasteiger partial charge in [-0.2, -0.15) is 0 Å². The summed E-state index contributed by atoms with van der Waals surface area (Å²) in [6.07, 6.45) is 2.36. The van der Waals surface area contributed by atoms with Gasteiger partial charge in [-0.3, -0.25) is 14.5 Å². The number of carbonyl (C=O) groups excluding carboxylic acids is 2. The Morgan fingerprint density at radius 2 is 1.67 bits per heavy atom. The van der Waals surface area contributed by atoms with Gasteiger partial charge in [-0.25, -0.2) is 8.78 Å². The standard InChI is InChI=1S/C28H32Cl2F2N2O5/c1-27(2,3)39-26(36)15-34(10-11-37-17-4-6-20(29)22(31)12-17)24-14-28(9-8-19(24)28)33-25(35)16-38-18-5-7-21(30)23(32)13-18/h4-7,12-13,19,24H,8-11,14-16H2,1-3H3,(H,33,35). The molecule has 2 aromatic rings. The van der Waals surface area contributed by atoms with Gasteiger partial charge in [0.25, 0.3) is 5.91 Å². The summed E-state index contributed by atoms with van der Waals surface area (Å²) in [5, 5.41) is 3.07. The predicted molar refractivity (Wildman–Crippen MR) is 143 cm³/mol. The molecule has 2 fully saturated rings. The van der Waals surface area contributed by atoms with Crippen LogP contribution in [0.4, 0.5) is 8.78 Å². The lowest BCUT2D eigenvalue weighted by molar-refractivity contribution is -0.164. The Bertz CT molecular complexity index is 1220. The zero-order chi connectivity index (χ0) is 28.4. The van der Waals surface area contributed by atoms with E-state index in [4.69, 9.17) is 37.4 Å². The smallest absolute Gasteiger partial charge is 0.320 e. The van der Waals surface area contributed by atoms with E-state index in [0.29, 0.717) is 18.7 Å². The largest absolute Gasteiger partial charge is 0.492 e. The number of amides is 1. The van der Waals surface area contributed by atoms with Crippen molar-refractivity contribution in [1.29, 1.82) is 0 Å². The molecule has 2 aliphatic carbocycles. The van der Waals surface area contributed by atoms with Crippen LogP contribution in [0.5, 0.6) is 11.5 Å². The molecule has 4 rings (SSSR count). The third-order valence-electron chi connectivity index (χ3n) is 7.06. The molecule has 39 heavy (non-hydrogen) atoms. The van der Waals surface area contributed by atoms with Crippen LogP contribution in [-0.4, -0.2) is 60.3 Å². The van der Waals surface area contributed by atoms with Gasteiger partial charge in [0.15, 0.2) is 6.61 Å². The second kappa shape index (κ2) is 11.9. The molecule has 0 heterocycles. The fraction of sp³-hybridized carbons (Fsp3) is 0.500. The second-order valence-corrected chi connectivity index (χ2v) is 11.8. The van der Waals surface area contributed by atoms with E-state index in [1.807, 2.05) is 25.7 Å². The summed E-state index contributed by atoms with van der Waals surface area (Å²) in [5.74, 6) is -1.16. The van der Waals surface area contributed by atoms with E-state index in [1.165, 1.54) is 24.3 Å². The molecule has 3 unspecified atom stereocenters. The van der Waals surface area contributed by atoms with Gasteiger partial charge in [0.1, 0.15) is 35.3 Å². The minimum Gasteiger partial charge on any atom is -0.492 e. The van der Waals surface area contributed by atoms with Crippen LogP contribution in [0.1, 0.15) is 40.0 Å². The van der Waals surface area contributed by atoms with Crippen LogP contribution in [0.15, 0.2) is 36.4 Å². The maximum Gasteiger partial charge on any atom is 0.320 e. The van der Waals surface area contributed by atoms with Crippen molar-refractivity contribution in [3.8, 4) is 11.5 Å². The van der Waals surface area contributed by atoms with Gasteiger partial charge >= 0.3 is 5.97 Å². The van der Waals surface area contributed by atoms with Crippen molar-refractivity contribution >= 4 is 35.1 Å². The first-order valence-electron chi connectivity index (χ1n) is 12.8. The number of fused-ring (bicyclic) bond motifs is 1. The summed E-state index contributed by atoms with van der Waals surface area (Å²) < 4.78 is 44.1. The molecule has 212 valence electrons. The molecule has 2 saturated carbocycles. The van der Waals surface area contributed by atoms with Crippen molar-refractivity contribution in [3.05, 3.63) is 58.1 Å². The van der Waals surface area contributed by atoms with Crippen LogP contribution < -0.4 is 14.8 Å². The number of carbonyl (C=O) groups is 2. The van der Waals surface area contributed by atoms with E-state index in [0.717, 1.165) is 18.9 Å². The summed E-state index contributed by atoms with van der Waals surface area (Å²) >= 11 is 11.4. The number of esters is 1. The first kappa shape index (κ1) is 29.4. The monoisotopic (exact) mass is 584 g/mol. The molecule has 0 saturated heterocycles. The van der Waals surface area contributed by atoms with Crippen molar-refractivity contribution < 1.29 is 32.6 Å². The fourth-order valence-electron chi connectivity index (χ4n) is 5.20. The van der Waals surface area contributed by atoms with Gasteiger partial charge < -0.3 is 19.5 Å². The molecular formula is C28H32Cl2F2N2O5. The van der Waals surface area contributed by atoms with E-state index in [-0.39, 0.29) is 64.9 Å². The highest BCUT2D eigenvalue weighted by atomic mass is 35.5. The second-order valence-electron chi connectivity index (χ2n) is 11.0. The number of hydrogen-bond acceptors (Lipinski definition) is 6. The number of halogens is 4. The van der Waals surface area contributed by atoms with Crippen LogP contribution in [-0.2, 0) is 14.3 Å². The zero-order valence-corrected chi connectivity index (χ0v) is 23.6. The van der Waals surface area contributed by atoms with E-state index in [9.17, 15) is 18.4 Å². The van der Waals surface area contributed by atoms with Gasteiger partial charge in [0.2, 0.25) is 0 Å². The quantitative estimate of drug-likeness (QED) is 0.356. The molecule has 0 bridgehead atoms. The third kappa shape index (κ3) is 7.32. The highest BCUT2D eigenvalue weighted by Gasteiger charge is 2.62. The Morgan fingerprint density at radius 3 is 2.18 bits per heavy atom.